The summed E-state index contributed by atoms with van der Waals surface area (Å²) >= 11 is 0. The molecule has 0 amide bonds. The summed E-state index contributed by atoms with van der Waals surface area (Å²) in [4.78, 5) is 2.63. The predicted octanol–water partition coefficient (Wildman–Crippen LogP) is 2.33. The van der Waals surface area contributed by atoms with Gasteiger partial charge in [0.2, 0.25) is 0 Å². The molecule has 3 nitrogen and oxygen atoms in total. The first-order chi connectivity index (χ1) is 9.68. The maximum absolute atomic E-state index is 3.82. The molecule has 0 bridgehead atoms. The topological polar surface area (TPSA) is 27.3 Å². The highest BCUT2D eigenvalue weighted by Crippen LogP contribution is 2.30. The molecule has 0 aromatic carbocycles. The van der Waals surface area contributed by atoms with Crippen LogP contribution in [0.3, 0.4) is 0 Å². The van der Waals surface area contributed by atoms with Gasteiger partial charge in [-0.3, -0.25) is 0 Å². The zero-order valence-corrected chi connectivity index (χ0v) is 13.8. The average molecular weight is 281 g/mol. The van der Waals surface area contributed by atoms with Crippen molar-refractivity contribution in [2.75, 3.05) is 39.3 Å². The van der Waals surface area contributed by atoms with Gasteiger partial charge in [-0.1, -0.05) is 20.8 Å². The van der Waals surface area contributed by atoms with E-state index in [-0.39, 0.29) is 0 Å². The van der Waals surface area contributed by atoms with Crippen molar-refractivity contribution in [3.8, 4) is 0 Å². The summed E-state index contributed by atoms with van der Waals surface area (Å²) in [6, 6.07) is 0.756. The Labute approximate surface area is 125 Å². The lowest BCUT2D eigenvalue weighted by atomic mass is 9.76. The van der Waals surface area contributed by atoms with Crippen LogP contribution in [-0.2, 0) is 0 Å². The lowest BCUT2D eigenvalue weighted by Gasteiger charge is -2.39. The summed E-state index contributed by atoms with van der Waals surface area (Å²) in [7, 11) is 0. The third-order valence-electron chi connectivity index (χ3n) is 5.37. The van der Waals surface area contributed by atoms with Crippen LogP contribution in [0.2, 0.25) is 0 Å². The van der Waals surface area contributed by atoms with Gasteiger partial charge in [-0.15, -0.1) is 0 Å². The minimum Gasteiger partial charge on any atom is -0.314 e. The predicted molar refractivity (Wildman–Crippen MR) is 87.1 cm³/mol. The number of hydrogen-bond donors (Lipinski definition) is 2. The van der Waals surface area contributed by atoms with Crippen LogP contribution in [0, 0.1) is 17.8 Å². The van der Waals surface area contributed by atoms with E-state index in [1.54, 1.807) is 0 Å². The fraction of sp³-hybridized carbons (Fsp3) is 1.00. The lowest BCUT2D eigenvalue weighted by molar-refractivity contribution is 0.159. The molecule has 2 rings (SSSR count). The van der Waals surface area contributed by atoms with Crippen LogP contribution in [0.15, 0.2) is 0 Å². The molecule has 3 heteroatoms. The third kappa shape index (κ3) is 4.71. The molecule has 2 aliphatic heterocycles. The molecule has 0 aliphatic carbocycles. The number of nitrogens with one attached hydrogen (secondary N) is 2. The zero-order valence-electron chi connectivity index (χ0n) is 13.8. The Hall–Kier alpha value is -0.120. The van der Waals surface area contributed by atoms with Crippen LogP contribution in [0.5, 0.6) is 0 Å². The Morgan fingerprint density at radius 1 is 1.15 bits per heavy atom. The fourth-order valence-corrected chi connectivity index (χ4v) is 4.06. The van der Waals surface area contributed by atoms with Crippen molar-refractivity contribution in [1.82, 2.24) is 15.5 Å². The summed E-state index contributed by atoms with van der Waals surface area (Å²) in [5, 5.41) is 7.25. The van der Waals surface area contributed by atoms with Gasteiger partial charge in [-0.25, -0.2) is 0 Å². The molecule has 0 saturated carbocycles. The molecule has 0 aromatic heterocycles. The Balaban J connectivity index is 1.76. The van der Waals surface area contributed by atoms with Gasteiger partial charge in [-0.05, 0) is 56.5 Å². The molecule has 2 saturated heterocycles. The summed E-state index contributed by atoms with van der Waals surface area (Å²) in [6.07, 6.45) is 5.54. The highest BCUT2D eigenvalue weighted by Gasteiger charge is 2.30. The first-order valence-electron chi connectivity index (χ1n) is 8.85. The second-order valence-corrected chi connectivity index (χ2v) is 7.24. The van der Waals surface area contributed by atoms with Crippen molar-refractivity contribution in [2.24, 2.45) is 17.8 Å². The Morgan fingerprint density at radius 3 is 2.55 bits per heavy atom. The second-order valence-electron chi connectivity index (χ2n) is 7.24. The standard InChI is InChI=1S/C17H35N3/c1-14(2)16(17-15(3)6-4-8-19-17)7-5-11-20-12-9-18-10-13-20/h14-19H,4-13H2,1-3H3. The van der Waals surface area contributed by atoms with Crippen molar-refractivity contribution in [2.45, 2.75) is 52.5 Å². The van der Waals surface area contributed by atoms with Crippen LogP contribution in [0.1, 0.15) is 46.5 Å². The molecule has 2 fully saturated rings. The number of hydrogen-bond acceptors (Lipinski definition) is 3. The van der Waals surface area contributed by atoms with Gasteiger partial charge in [0.25, 0.3) is 0 Å². The first kappa shape index (κ1) is 16.3. The van der Waals surface area contributed by atoms with Gasteiger partial charge in [0.15, 0.2) is 0 Å². The van der Waals surface area contributed by atoms with E-state index in [0.29, 0.717) is 0 Å². The third-order valence-corrected chi connectivity index (χ3v) is 5.37. The Bertz CT molecular complexity index is 261. The van der Waals surface area contributed by atoms with E-state index in [2.05, 4.69) is 36.3 Å². The summed E-state index contributed by atoms with van der Waals surface area (Å²) in [6.45, 7) is 14.6. The van der Waals surface area contributed by atoms with Gasteiger partial charge >= 0.3 is 0 Å². The number of piperidine rings is 1. The molecule has 0 radical (unpaired) electrons. The Kier molecular flexibility index (Phi) is 6.79. The molecule has 20 heavy (non-hydrogen) atoms. The Morgan fingerprint density at radius 2 is 1.90 bits per heavy atom. The summed E-state index contributed by atoms with van der Waals surface area (Å²) in [5.41, 5.74) is 0. The minimum atomic E-state index is 0.756. The molecule has 0 aromatic rings. The molecule has 2 N–H and O–H groups in total. The van der Waals surface area contributed by atoms with Crippen LogP contribution in [-0.4, -0.2) is 50.2 Å². The molecule has 0 spiro atoms. The van der Waals surface area contributed by atoms with Crippen molar-refractivity contribution in [3.05, 3.63) is 0 Å². The van der Waals surface area contributed by atoms with E-state index in [4.69, 9.17) is 0 Å². The summed E-state index contributed by atoms with van der Waals surface area (Å²) in [5.74, 6) is 2.51. The average Bonchev–Trinajstić information content (AvgIpc) is 2.45. The van der Waals surface area contributed by atoms with Crippen LogP contribution < -0.4 is 10.6 Å². The quantitative estimate of drug-likeness (QED) is 0.782. The normalized spacial score (nSPS) is 30.6. The van der Waals surface area contributed by atoms with E-state index in [9.17, 15) is 0 Å². The lowest BCUT2D eigenvalue weighted by Crippen LogP contribution is -2.47. The molecule has 2 aliphatic rings. The van der Waals surface area contributed by atoms with Gasteiger partial charge in [0.05, 0.1) is 0 Å². The van der Waals surface area contributed by atoms with Crippen molar-refractivity contribution in [1.29, 1.82) is 0 Å². The number of nitrogens with zero attached hydrogens (tertiary/aromatic N) is 1. The zero-order chi connectivity index (χ0) is 14.4. The molecular formula is C17H35N3. The monoisotopic (exact) mass is 281 g/mol. The first-order valence-corrected chi connectivity index (χ1v) is 8.85. The van der Waals surface area contributed by atoms with E-state index < -0.39 is 0 Å². The van der Waals surface area contributed by atoms with E-state index in [0.717, 1.165) is 23.8 Å². The maximum Gasteiger partial charge on any atom is 0.0123 e. The second kappa shape index (κ2) is 8.35. The highest BCUT2D eigenvalue weighted by molar-refractivity contribution is 4.86. The smallest absolute Gasteiger partial charge is 0.0123 e. The molecular weight excluding hydrogens is 246 g/mol. The fourth-order valence-electron chi connectivity index (χ4n) is 4.06. The van der Waals surface area contributed by atoms with Gasteiger partial charge in [-0.2, -0.15) is 0 Å². The number of piperazine rings is 1. The molecule has 118 valence electrons. The van der Waals surface area contributed by atoms with Crippen molar-refractivity contribution < 1.29 is 0 Å². The SMILES string of the molecule is CC(C)C(CCCN1CCNCC1)C1NCCCC1C. The minimum absolute atomic E-state index is 0.756. The molecule has 3 unspecified atom stereocenters. The van der Waals surface area contributed by atoms with E-state index in [1.807, 2.05) is 0 Å². The van der Waals surface area contributed by atoms with Gasteiger partial charge in [0, 0.05) is 32.2 Å². The van der Waals surface area contributed by atoms with E-state index >= 15 is 0 Å². The van der Waals surface area contributed by atoms with Gasteiger partial charge < -0.3 is 15.5 Å². The largest absolute Gasteiger partial charge is 0.314 e. The van der Waals surface area contributed by atoms with Crippen LogP contribution in [0.4, 0.5) is 0 Å². The van der Waals surface area contributed by atoms with Crippen LogP contribution in [0.25, 0.3) is 0 Å². The highest BCUT2D eigenvalue weighted by atomic mass is 15.2. The van der Waals surface area contributed by atoms with Crippen LogP contribution >= 0.6 is 0 Å². The summed E-state index contributed by atoms with van der Waals surface area (Å²) < 4.78 is 0. The van der Waals surface area contributed by atoms with Crippen molar-refractivity contribution >= 4 is 0 Å². The molecule has 3 atom stereocenters. The van der Waals surface area contributed by atoms with Crippen molar-refractivity contribution in [3.63, 3.8) is 0 Å². The van der Waals surface area contributed by atoms with Gasteiger partial charge in [0.1, 0.15) is 0 Å². The molecule has 2 heterocycles. The number of rotatable bonds is 6. The van der Waals surface area contributed by atoms with E-state index in [1.165, 1.54) is 65.0 Å². The maximum atomic E-state index is 3.82.